The summed E-state index contributed by atoms with van der Waals surface area (Å²) in [5.41, 5.74) is 5.18. The number of fused-ring (bicyclic) bond motifs is 1. The van der Waals surface area contributed by atoms with E-state index in [0.717, 1.165) is 58.3 Å². The number of hydrogen-bond acceptors (Lipinski definition) is 6. The minimum absolute atomic E-state index is 0.194. The lowest BCUT2D eigenvalue weighted by molar-refractivity contribution is 0.0994. The van der Waals surface area contributed by atoms with Gasteiger partial charge in [-0.15, -0.1) is 0 Å². The normalized spacial score (nSPS) is 14.8. The second-order valence-electron chi connectivity index (χ2n) is 8.95. The number of hydrogen-bond donors (Lipinski definition) is 3. The van der Waals surface area contributed by atoms with E-state index in [1.807, 2.05) is 26.1 Å². The van der Waals surface area contributed by atoms with Crippen LogP contribution in [0.25, 0.3) is 0 Å². The first-order valence-electron chi connectivity index (χ1n) is 12.4. The van der Waals surface area contributed by atoms with Crippen LogP contribution in [0.4, 0.5) is 5.82 Å². The largest absolute Gasteiger partial charge is 0.373 e. The summed E-state index contributed by atoms with van der Waals surface area (Å²) in [5, 5.41) is 12.7. The second kappa shape index (κ2) is 12.7. The number of aromatic nitrogens is 2. The van der Waals surface area contributed by atoms with Crippen molar-refractivity contribution in [3.63, 3.8) is 0 Å². The molecule has 9 heteroatoms. The van der Waals surface area contributed by atoms with E-state index in [9.17, 15) is 13.6 Å². The lowest BCUT2D eigenvalue weighted by Gasteiger charge is -2.14. The molecule has 2 aromatic rings. The number of aryl methyl sites for hydroxylation is 2. The van der Waals surface area contributed by atoms with Crippen molar-refractivity contribution in [1.82, 2.24) is 9.55 Å². The van der Waals surface area contributed by atoms with Crippen molar-refractivity contribution in [3.05, 3.63) is 57.1 Å². The summed E-state index contributed by atoms with van der Waals surface area (Å²) in [6, 6.07) is 4.18. The summed E-state index contributed by atoms with van der Waals surface area (Å²) >= 11 is -0.414. The highest BCUT2D eigenvalue weighted by Crippen LogP contribution is 2.37. The Morgan fingerprint density at radius 3 is 2.69 bits per heavy atom. The van der Waals surface area contributed by atoms with Crippen molar-refractivity contribution in [1.29, 1.82) is 5.41 Å². The Kier molecular flexibility index (Phi) is 9.87. The fourth-order valence-corrected chi connectivity index (χ4v) is 5.59. The SMILES string of the molecule is CC/C(C)=C/C(=N)c1nc(Sc2cc3c(cc2CC)CCC3=O)n(CCCC=C(C)S(=O)O)c1NC. The summed E-state index contributed by atoms with van der Waals surface area (Å²) in [4.78, 5) is 18.8. The molecule has 1 aliphatic carbocycles. The van der Waals surface area contributed by atoms with Gasteiger partial charge in [0.2, 0.25) is 0 Å². The Balaban J connectivity index is 2.02. The number of carbonyl (C=O) groups is 1. The van der Waals surface area contributed by atoms with Crippen molar-refractivity contribution >= 4 is 40.2 Å². The van der Waals surface area contributed by atoms with Crippen LogP contribution in [0, 0.1) is 5.41 Å². The number of anilines is 1. The Labute approximate surface area is 220 Å². The minimum Gasteiger partial charge on any atom is -0.373 e. The fourth-order valence-electron chi connectivity index (χ4n) is 4.20. The van der Waals surface area contributed by atoms with E-state index in [-0.39, 0.29) is 5.78 Å². The average molecular weight is 529 g/mol. The van der Waals surface area contributed by atoms with Crippen molar-refractivity contribution in [2.75, 3.05) is 12.4 Å². The molecule has 0 saturated heterocycles. The highest BCUT2D eigenvalue weighted by atomic mass is 32.2. The predicted molar refractivity (Wildman–Crippen MR) is 149 cm³/mol. The Morgan fingerprint density at radius 2 is 2.06 bits per heavy atom. The highest BCUT2D eigenvalue weighted by Gasteiger charge is 2.24. The van der Waals surface area contributed by atoms with E-state index in [2.05, 4.69) is 29.8 Å². The number of allylic oxidation sites excluding steroid dienone is 4. The van der Waals surface area contributed by atoms with Crippen LogP contribution in [-0.4, -0.2) is 36.9 Å². The molecule has 1 aliphatic rings. The maximum atomic E-state index is 12.4. The molecule has 194 valence electrons. The first kappa shape index (κ1) is 28.1. The Morgan fingerprint density at radius 1 is 1.31 bits per heavy atom. The Bertz CT molecular complexity index is 1240. The maximum absolute atomic E-state index is 12.4. The van der Waals surface area contributed by atoms with Gasteiger partial charge in [-0.05, 0) is 69.2 Å². The average Bonchev–Trinajstić information content (AvgIpc) is 3.40. The summed E-state index contributed by atoms with van der Waals surface area (Å²) < 4.78 is 22.6. The van der Waals surface area contributed by atoms with Gasteiger partial charge in [-0.25, -0.2) is 9.19 Å². The third-order valence-electron chi connectivity index (χ3n) is 6.46. The topological polar surface area (TPSA) is 108 Å². The zero-order chi connectivity index (χ0) is 26.4. The van der Waals surface area contributed by atoms with Gasteiger partial charge in [0.15, 0.2) is 22.0 Å². The molecule has 1 heterocycles. The number of imidazole rings is 1. The van der Waals surface area contributed by atoms with Gasteiger partial charge >= 0.3 is 0 Å². The first-order chi connectivity index (χ1) is 17.2. The quantitative estimate of drug-likeness (QED) is 0.167. The molecule has 0 spiro atoms. The van der Waals surface area contributed by atoms with E-state index < -0.39 is 11.1 Å². The molecule has 0 aliphatic heterocycles. The summed E-state index contributed by atoms with van der Waals surface area (Å²) in [5.74, 6) is 0.962. The third-order valence-corrected chi connectivity index (χ3v) is 8.27. The van der Waals surface area contributed by atoms with Crippen LogP contribution >= 0.6 is 11.8 Å². The maximum Gasteiger partial charge on any atom is 0.181 e. The van der Waals surface area contributed by atoms with Crippen molar-refractivity contribution < 1.29 is 13.6 Å². The monoisotopic (exact) mass is 528 g/mol. The molecule has 3 N–H and O–H groups in total. The number of benzene rings is 1. The Hall–Kier alpha value is -2.49. The molecule has 0 fully saturated rings. The minimum atomic E-state index is -1.95. The molecule has 1 unspecified atom stereocenters. The van der Waals surface area contributed by atoms with Crippen LogP contribution in [0.5, 0.6) is 0 Å². The number of rotatable bonds is 12. The molecular formula is C27H36N4O3S2. The van der Waals surface area contributed by atoms with Crippen LogP contribution < -0.4 is 5.32 Å². The van der Waals surface area contributed by atoms with Gasteiger partial charge in [-0.1, -0.05) is 43.3 Å². The van der Waals surface area contributed by atoms with Gasteiger partial charge in [0, 0.05) is 35.4 Å². The molecular weight excluding hydrogens is 492 g/mol. The van der Waals surface area contributed by atoms with Crippen LogP contribution in [0.2, 0.25) is 0 Å². The second-order valence-corrected chi connectivity index (χ2v) is 11.1. The number of unbranched alkanes of at least 4 members (excludes halogenated alkanes) is 1. The summed E-state index contributed by atoms with van der Waals surface area (Å²) in [7, 11) is 1.83. The fraction of sp³-hybridized carbons (Fsp3) is 0.444. The molecule has 1 aromatic carbocycles. The summed E-state index contributed by atoms with van der Waals surface area (Å²) in [6.07, 6.45) is 8.13. The smallest absolute Gasteiger partial charge is 0.181 e. The van der Waals surface area contributed by atoms with Gasteiger partial charge in [-0.2, -0.15) is 0 Å². The zero-order valence-corrected chi connectivity index (χ0v) is 23.4. The molecule has 3 rings (SSSR count). The molecule has 1 atom stereocenters. The highest BCUT2D eigenvalue weighted by molar-refractivity contribution is 7.99. The number of Topliss-reactive ketones (excluding diaryl/α,β-unsaturated/α-hetero) is 1. The number of nitrogens with zero attached hydrogens (tertiary/aromatic N) is 2. The molecule has 7 nitrogen and oxygen atoms in total. The number of carbonyl (C=O) groups excluding carboxylic acids is 1. The molecule has 0 saturated carbocycles. The van der Waals surface area contributed by atoms with Crippen molar-refractivity contribution in [3.8, 4) is 0 Å². The molecule has 0 radical (unpaired) electrons. The van der Waals surface area contributed by atoms with Crippen LogP contribution in [0.1, 0.15) is 80.6 Å². The molecule has 0 bridgehead atoms. The van der Waals surface area contributed by atoms with E-state index in [1.165, 1.54) is 17.3 Å². The van der Waals surface area contributed by atoms with Crippen LogP contribution in [0.15, 0.2) is 44.8 Å². The van der Waals surface area contributed by atoms with E-state index in [1.54, 1.807) is 13.0 Å². The van der Waals surface area contributed by atoms with Gasteiger partial charge in [0.05, 0.1) is 5.71 Å². The number of nitrogens with one attached hydrogen (secondary N) is 2. The van der Waals surface area contributed by atoms with E-state index in [0.29, 0.717) is 35.7 Å². The zero-order valence-electron chi connectivity index (χ0n) is 21.7. The van der Waals surface area contributed by atoms with Crippen LogP contribution in [-0.2, 0) is 30.5 Å². The molecule has 0 amide bonds. The lowest BCUT2D eigenvalue weighted by atomic mass is 10.0. The van der Waals surface area contributed by atoms with Gasteiger partial charge in [0.25, 0.3) is 0 Å². The summed E-state index contributed by atoms with van der Waals surface area (Å²) in [6.45, 7) is 8.47. The molecule has 36 heavy (non-hydrogen) atoms. The lowest BCUT2D eigenvalue weighted by Crippen LogP contribution is -2.08. The van der Waals surface area contributed by atoms with Crippen molar-refractivity contribution in [2.24, 2.45) is 0 Å². The van der Waals surface area contributed by atoms with E-state index >= 15 is 0 Å². The van der Waals surface area contributed by atoms with Gasteiger partial charge in [-0.3, -0.25) is 10.2 Å². The first-order valence-corrected chi connectivity index (χ1v) is 14.3. The number of ketones is 1. The van der Waals surface area contributed by atoms with E-state index in [4.69, 9.17) is 10.4 Å². The predicted octanol–water partition coefficient (Wildman–Crippen LogP) is 6.40. The van der Waals surface area contributed by atoms with Crippen LogP contribution in [0.3, 0.4) is 0 Å². The van der Waals surface area contributed by atoms with Crippen molar-refractivity contribution in [2.45, 2.75) is 82.8 Å². The standard InChI is InChI=1S/C27H36N4O3S2/c1-6-17(3)14-22(28)25-26(29-5)31(13-9-8-10-18(4)36(33)34)27(30-25)35-24-16-21-20(11-12-23(21)32)15-19(24)7-2/h10,14-16,28-29H,6-9,11-13H2,1-5H3,(H,33,34)/b17-14+,18-10?,28-22?. The third kappa shape index (κ3) is 6.44. The molecule has 1 aromatic heterocycles. The van der Waals surface area contributed by atoms with Gasteiger partial charge < -0.3 is 14.4 Å². The van der Waals surface area contributed by atoms with Gasteiger partial charge in [0.1, 0.15) is 11.5 Å².